The molecule has 0 aliphatic heterocycles. The van der Waals surface area contributed by atoms with Crippen LogP contribution in [0.3, 0.4) is 0 Å². The Bertz CT molecular complexity index is 432. The number of nitrogens with zero attached hydrogens (tertiary/aromatic N) is 1. The molecule has 5 heteroatoms. The molecule has 0 aliphatic carbocycles. The van der Waals surface area contributed by atoms with E-state index in [0.717, 1.165) is 6.07 Å². The van der Waals surface area contributed by atoms with Crippen LogP contribution in [0.5, 0.6) is 0 Å². The van der Waals surface area contributed by atoms with Crippen LogP contribution in [0.15, 0.2) is 18.2 Å². The number of likely N-dealkylation sites (N-methyl/N-ethyl adjacent to an activating group) is 1. The summed E-state index contributed by atoms with van der Waals surface area (Å²) < 4.78 is 26.6. The molecule has 0 aliphatic rings. The van der Waals surface area contributed by atoms with Gasteiger partial charge in [0.15, 0.2) is 11.6 Å². The van der Waals surface area contributed by atoms with E-state index >= 15 is 0 Å². The van der Waals surface area contributed by atoms with E-state index in [1.807, 2.05) is 11.8 Å². The van der Waals surface area contributed by atoms with E-state index in [0.29, 0.717) is 19.6 Å². The Morgan fingerprint density at radius 2 is 1.95 bits per heavy atom. The van der Waals surface area contributed by atoms with Crippen LogP contribution in [0, 0.1) is 11.6 Å². The van der Waals surface area contributed by atoms with Gasteiger partial charge >= 0.3 is 0 Å². The largest absolute Gasteiger partial charge is 0.389 e. The highest BCUT2D eigenvalue weighted by Crippen LogP contribution is 2.22. The predicted molar refractivity (Wildman–Crippen MR) is 74.3 cm³/mol. The average molecular weight is 287 g/mol. The van der Waals surface area contributed by atoms with Crippen molar-refractivity contribution in [2.75, 3.05) is 19.6 Å². The molecule has 1 aromatic rings. The fourth-order valence-electron chi connectivity index (χ4n) is 2.13. The van der Waals surface area contributed by atoms with Crippen LogP contribution >= 0.6 is 0 Å². The fourth-order valence-corrected chi connectivity index (χ4v) is 2.13. The van der Waals surface area contributed by atoms with Crippen molar-refractivity contribution in [1.82, 2.24) is 4.90 Å². The van der Waals surface area contributed by atoms with E-state index < -0.39 is 23.3 Å². The summed E-state index contributed by atoms with van der Waals surface area (Å²) in [5, 5.41) is 19.7. The number of rotatable bonds is 7. The van der Waals surface area contributed by atoms with Crippen LogP contribution in [-0.4, -0.2) is 40.3 Å². The van der Waals surface area contributed by atoms with Gasteiger partial charge in [-0.1, -0.05) is 19.1 Å². The Morgan fingerprint density at radius 1 is 1.30 bits per heavy atom. The maximum Gasteiger partial charge on any atom is 0.164 e. The van der Waals surface area contributed by atoms with Crippen LogP contribution in [-0.2, 0) is 0 Å². The first-order valence-electron chi connectivity index (χ1n) is 6.81. The Morgan fingerprint density at radius 3 is 2.50 bits per heavy atom. The monoisotopic (exact) mass is 287 g/mol. The van der Waals surface area contributed by atoms with Crippen molar-refractivity contribution in [3.05, 3.63) is 35.4 Å². The minimum atomic E-state index is -1.05. The van der Waals surface area contributed by atoms with Gasteiger partial charge in [0, 0.05) is 18.7 Å². The third kappa shape index (κ3) is 5.15. The van der Waals surface area contributed by atoms with Crippen molar-refractivity contribution in [1.29, 1.82) is 0 Å². The molecule has 0 spiro atoms. The zero-order valence-corrected chi connectivity index (χ0v) is 12.2. The third-order valence-corrected chi connectivity index (χ3v) is 3.12. The molecule has 0 saturated heterocycles. The number of aliphatic hydroxyl groups excluding tert-OH is 1. The van der Waals surface area contributed by atoms with Gasteiger partial charge in [-0.2, -0.15) is 0 Å². The van der Waals surface area contributed by atoms with Gasteiger partial charge in [0.25, 0.3) is 0 Å². The first-order chi connectivity index (χ1) is 9.24. The third-order valence-electron chi connectivity index (χ3n) is 3.12. The second-order valence-corrected chi connectivity index (χ2v) is 5.63. The standard InChI is InChI=1S/C15H23F2NO2/c1-4-18(10-15(2,3)20)9-8-13(19)11-6-5-7-12(16)14(11)17/h5-7,13,19-20H,4,8-10H2,1-3H3. The fraction of sp³-hybridized carbons (Fsp3) is 0.600. The van der Waals surface area contributed by atoms with Crippen LogP contribution in [0.1, 0.15) is 38.9 Å². The molecule has 0 aromatic heterocycles. The SMILES string of the molecule is CCN(CCC(O)c1cccc(F)c1F)CC(C)(C)O. The molecule has 2 N–H and O–H groups in total. The summed E-state index contributed by atoms with van der Waals surface area (Å²) in [7, 11) is 0. The minimum Gasteiger partial charge on any atom is -0.389 e. The van der Waals surface area contributed by atoms with E-state index in [1.54, 1.807) is 13.8 Å². The van der Waals surface area contributed by atoms with Crippen molar-refractivity contribution in [2.45, 2.75) is 38.9 Å². The lowest BCUT2D eigenvalue weighted by Crippen LogP contribution is -2.39. The van der Waals surface area contributed by atoms with Crippen LogP contribution in [0.25, 0.3) is 0 Å². The number of hydrogen-bond donors (Lipinski definition) is 2. The van der Waals surface area contributed by atoms with Crippen molar-refractivity contribution >= 4 is 0 Å². The van der Waals surface area contributed by atoms with Crippen molar-refractivity contribution in [2.24, 2.45) is 0 Å². The molecular weight excluding hydrogens is 264 g/mol. The number of halogens is 2. The van der Waals surface area contributed by atoms with E-state index in [1.165, 1.54) is 12.1 Å². The molecule has 0 bridgehead atoms. The highest BCUT2D eigenvalue weighted by Gasteiger charge is 2.20. The quantitative estimate of drug-likeness (QED) is 0.810. The Hall–Kier alpha value is -1.04. The minimum absolute atomic E-state index is 0.0238. The Labute approximate surface area is 118 Å². The Kier molecular flexibility index (Phi) is 6.05. The Balaban J connectivity index is 2.62. The van der Waals surface area contributed by atoms with Crippen molar-refractivity contribution < 1.29 is 19.0 Å². The first kappa shape index (κ1) is 17.0. The lowest BCUT2D eigenvalue weighted by Gasteiger charge is -2.28. The number of aliphatic hydroxyl groups is 2. The normalized spacial score (nSPS) is 13.8. The summed E-state index contributed by atoms with van der Waals surface area (Å²) in [6, 6.07) is 3.79. The van der Waals surface area contributed by atoms with Gasteiger partial charge in [0.1, 0.15) is 0 Å². The average Bonchev–Trinajstić information content (AvgIpc) is 2.36. The van der Waals surface area contributed by atoms with Crippen LogP contribution < -0.4 is 0 Å². The van der Waals surface area contributed by atoms with Crippen LogP contribution in [0.2, 0.25) is 0 Å². The van der Waals surface area contributed by atoms with Gasteiger partial charge in [-0.15, -0.1) is 0 Å². The molecule has 20 heavy (non-hydrogen) atoms. The molecule has 0 radical (unpaired) electrons. The van der Waals surface area contributed by atoms with Gasteiger partial charge in [-0.3, -0.25) is 0 Å². The zero-order chi connectivity index (χ0) is 15.3. The molecule has 0 amide bonds. The van der Waals surface area contributed by atoms with E-state index in [4.69, 9.17) is 0 Å². The molecular formula is C15H23F2NO2. The lowest BCUT2D eigenvalue weighted by atomic mass is 10.0. The highest BCUT2D eigenvalue weighted by molar-refractivity contribution is 5.21. The topological polar surface area (TPSA) is 43.7 Å². The van der Waals surface area contributed by atoms with Gasteiger partial charge in [-0.05, 0) is 32.9 Å². The summed E-state index contributed by atoms with van der Waals surface area (Å²) >= 11 is 0. The molecule has 1 aromatic carbocycles. The number of benzene rings is 1. The molecule has 3 nitrogen and oxygen atoms in total. The molecule has 1 unspecified atom stereocenters. The summed E-state index contributed by atoms with van der Waals surface area (Å²) in [4.78, 5) is 1.96. The van der Waals surface area contributed by atoms with Crippen molar-refractivity contribution in [3.8, 4) is 0 Å². The highest BCUT2D eigenvalue weighted by atomic mass is 19.2. The lowest BCUT2D eigenvalue weighted by molar-refractivity contribution is 0.0319. The van der Waals surface area contributed by atoms with E-state index in [2.05, 4.69) is 0 Å². The smallest absolute Gasteiger partial charge is 0.164 e. The van der Waals surface area contributed by atoms with Gasteiger partial charge in [-0.25, -0.2) is 8.78 Å². The summed E-state index contributed by atoms with van der Waals surface area (Å²) in [6.45, 7) is 7.03. The maximum atomic E-state index is 13.5. The second-order valence-electron chi connectivity index (χ2n) is 5.63. The molecule has 1 rings (SSSR count). The van der Waals surface area contributed by atoms with Crippen molar-refractivity contribution in [3.63, 3.8) is 0 Å². The molecule has 114 valence electrons. The maximum absolute atomic E-state index is 13.5. The van der Waals surface area contributed by atoms with Gasteiger partial charge < -0.3 is 15.1 Å². The summed E-state index contributed by atoms with van der Waals surface area (Å²) in [6.07, 6.45) is -0.772. The molecule has 0 heterocycles. The van der Waals surface area contributed by atoms with E-state index in [9.17, 15) is 19.0 Å². The van der Waals surface area contributed by atoms with E-state index in [-0.39, 0.29) is 12.0 Å². The molecule has 0 saturated carbocycles. The van der Waals surface area contributed by atoms with Crippen LogP contribution in [0.4, 0.5) is 8.78 Å². The van der Waals surface area contributed by atoms with Gasteiger partial charge in [0.05, 0.1) is 11.7 Å². The zero-order valence-electron chi connectivity index (χ0n) is 12.2. The first-order valence-corrected chi connectivity index (χ1v) is 6.81. The molecule has 0 fully saturated rings. The summed E-state index contributed by atoms with van der Waals surface area (Å²) in [5.74, 6) is -1.95. The predicted octanol–water partition coefficient (Wildman–Crippen LogP) is 2.48. The molecule has 1 atom stereocenters. The second kappa shape index (κ2) is 7.11. The summed E-state index contributed by atoms with van der Waals surface area (Å²) in [5.41, 5.74) is -0.852. The van der Waals surface area contributed by atoms with Gasteiger partial charge in [0.2, 0.25) is 0 Å². The number of hydrogen-bond acceptors (Lipinski definition) is 3.